The number of hydrogen-bond acceptors (Lipinski definition) is 3. The van der Waals surface area contributed by atoms with E-state index >= 15 is 0 Å². The van der Waals surface area contributed by atoms with Crippen LogP contribution in [0.5, 0.6) is 5.88 Å². The molecule has 16 heavy (non-hydrogen) atoms. The minimum absolute atomic E-state index is 0.266. The molecule has 0 radical (unpaired) electrons. The van der Waals surface area contributed by atoms with Crippen molar-refractivity contribution in [3.05, 3.63) is 17.0 Å². The average Bonchev–Trinajstić information content (AvgIpc) is 2.16. The van der Waals surface area contributed by atoms with Gasteiger partial charge in [-0.15, -0.1) is 0 Å². The van der Waals surface area contributed by atoms with Crippen LogP contribution < -0.4 is 4.74 Å². The first-order valence-corrected chi connectivity index (χ1v) is 6.03. The molecule has 0 fully saturated rings. The van der Waals surface area contributed by atoms with Gasteiger partial charge in [-0.2, -0.15) is 0 Å². The fraction of sp³-hybridized carbons (Fsp3) is 0.667. The molecule has 4 heteroatoms. The lowest BCUT2D eigenvalue weighted by molar-refractivity contribution is 0.275. The number of halogens is 1. The van der Waals surface area contributed by atoms with Gasteiger partial charge >= 0.3 is 0 Å². The van der Waals surface area contributed by atoms with Crippen LogP contribution in [0, 0.1) is 5.92 Å². The maximum absolute atomic E-state index is 6.03. The van der Waals surface area contributed by atoms with Gasteiger partial charge < -0.3 is 4.74 Å². The second-order valence-electron chi connectivity index (χ2n) is 4.57. The number of rotatable bonds is 5. The molecule has 0 atom stereocenters. The minimum Gasteiger partial charge on any atom is -0.477 e. The summed E-state index contributed by atoms with van der Waals surface area (Å²) in [7, 11) is 0. The quantitative estimate of drug-likeness (QED) is 0.739. The maximum Gasteiger partial charge on any atom is 0.221 e. The first kappa shape index (κ1) is 13.2. The van der Waals surface area contributed by atoms with Crippen molar-refractivity contribution in [1.29, 1.82) is 0 Å². The van der Waals surface area contributed by atoms with Crippen molar-refractivity contribution in [2.75, 3.05) is 6.61 Å². The van der Waals surface area contributed by atoms with E-state index in [1.54, 1.807) is 0 Å². The molecule has 0 aliphatic rings. The van der Waals surface area contributed by atoms with Crippen molar-refractivity contribution in [3.8, 4) is 5.88 Å². The van der Waals surface area contributed by atoms with E-state index in [0.717, 1.165) is 12.0 Å². The van der Waals surface area contributed by atoms with Crippen LogP contribution in [0.3, 0.4) is 0 Å². The van der Waals surface area contributed by atoms with E-state index in [1.807, 2.05) is 0 Å². The van der Waals surface area contributed by atoms with Crippen LogP contribution in [-0.2, 0) is 0 Å². The highest BCUT2D eigenvalue weighted by Crippen LogP contribution is 2.29. The molecular weight excluding hydrogens is 224 g/mol. The molecule has 0 N–H and O–H groups in total. The smallest absolute Gasteiger partial charge is 0.221 e. The van der Waals surface area contributed by atoms with E-state index < -0.39 is 0 Å². The average molecular weight is 243 g/mol. The summed E-state index contributed by atoms with van der Waals surface area (Å²) in [6.45, 7) is 9.11. The van der Waals surface area contributed by atoms with Gasteiger partial charge in [-0.25, -0.2) is 9.97 Å². The van der Waals surface area contributed by atoms with Crippen LogP contribution in [0.25, 0.3) is 0 Å². The Morgan fingerprint density at radius 1 is 1.25 bits per heavy atom. The van der Waals surface area contributed by atoms with E-state index in [4.69, 9.17) is 16.3 Å². The SMILES string of the molecule is CC(C)CCOc1ncnc(Cl)c1C(C)C. The van der Waals surface area contributed by atoms with Gasteiger partial charge in [0, 0.05) is 0 Å². The molecule has 3 nitrogen and oxygen atoms in total. The zero-order valence-corrected chi connectivity index (χ0v) is 11.1. The molecule has 1 heterocycles. The van der Waals surface area contributed by atoms with E-state index in [9.17, 15) is 0 Å². The number of aromatic nitrogens is 2. The molecule has 0 saturated heterocycles. The summed E-state index contributed by atoms with van der Waals surface area (Å²) in [5.41, 5.74) is 0.896. The van der Waals surface area contributed by atoms with Crippen molar-refractivity contribution in [3.63, 3.8) is 0 Å². The molecule has 0 aromatic carbocycles. The van der Waals surface area contributed by atoms with Gasteiger partial charge in [0.05, 0.1) is 12.2 Å². The highest BCUT2D eigenvalue weighted by Gasteiger charge is 2.14. The first-order chi connectivity index (χ1) is 7.52. The Hall–Kier alpha value is -0.830. The zero-order valence-electron chi connectivity index (χ0n) is 10.3. The summed E-state index contributed by atoms with van der Waals surface area (Å²) in [6.07, 6.45) is 2.46. The number of nitrogens with zero attached hydrogens (tertiary/aromatic N) is 2. The number of ether oxygens (including phenoxy) is 1. The van der Waals surface area contributed by atoms with E-state index in [1.165, 1.54) is 6.33 Å². The van der Waals surface area contributed by atoms with Crippen molar-refractivity contribution < 1.29 is 4.74 Å². The predicted octanol–water partition coefficient (Wildman–Crippen LogP) is 3.68. The monoisotopic (exact) mass is 242 g/mol. The largest absolute Gasteiger partial charge is 0.477 e. The van der Waals surface area contributed by atoms with Crippen LogP contribution >= 0.6 is 11.6 Å². The van der Waals surface area contributed by atoms with Crippen LogP contribution in [0.4, 0.5) is 0 Å². The third-order valence-electron chi connectivity index (χ3n) is 2.31. The third kappa shape index (κ3) is 3.63. The summed E-state index contributed by atoms with van der Waals surface area (Å²) < 4.78 is 5.65. The van der Waals surface area contributed by atoms with Gasteiger partial charge in [-0.3, -0.25) is 0 Å². The van der Waals surface area contributed by atoms with Crippen LogP contribution in [0.1, 0.15) is 45.6 Å². The van der Waals surface area contributed by atoms with Crippen molar-refractivity contribution in [2.24, 2.45) is 5.92 Å². The third-order valence-corrected chi connectivity index (χ3v) is 2.61. The van der Waals surface area contributed by atoms with Crippen LogP contribution in [0.2, 0.25) is 5.15 Å². The molecule has 1 aromatic rings. The minimum atomic E-state index is 0.266. The molecule has 0 aliphatic heterocycles. The first-order valence-electron chi connectivity index (χ1n) is 5.65. The molecule has 0 bridgehead atoms. The van der Waals surface area contributed by atoms with Gasteiger partial charge in [0.25, 0.3) is 0 Å². The van der Waals surface area contributed by atoms with Gasteiger partial charge in [0.15, 0.2) is 0 Å². The van der Waals surface area contributed by atoms with E-state index in [-0.39, 0.29) is 5.92 Å². The lowest BCUT2D eigenvalue weighted by Gasteiger charge is -2.14. The van der Waals surface area contributed by atoms with Crippen molar-refractivity contribution >= 4 is 11.6 Å². The number of hydrogen-bond donors (Lipinski definition) is 0. The molecule has 0 aliphatic carbocycles. The Morgan fingerprint density at radius 2 is 1.94 bits per heavy atom. The topological polar surface area (TPSA) is 35.0 Å². The lowest BCUT2D eigenvalue weighted by Crippen LogP contribution is -2.06. The Balaban J connectivity index is 2.75. The fourth-order valence-electron chi connectivity index (χ4n) is 1.35. The molecule has 0 spiro atoms. The molecule has 0 saturated carbocycles. The molecule has 1 rings (SSSR count). The molecule has 1 aromatic heterocycles. The van der Waals surface area contributed by atoms with E-state index in [0.29, 0.717) is 23.6 Å². The Labute approximate surface area is 102 Å². The second-order valence-corrected chi connectivity index (χ2v) is 4.93. The molecule has 0 amide bonds. The van der Waals surface area contributed by atoms with Crippen LogP contribution in [-0.4, -0.2) is 16.6 Å². The summed E-state index contributed by atoms with van der Waals surface area (Å²) >= 11 is 6.03. The Bertz CT molecular complexity index is 340. The summed E-state index contributed by atoms with van der Waals surface area (Å²) in [6, 6.07) is 0. The van der Waals surface area contributed by atoms with Crippen molar-refractivity contribution in [2.45, 2.75) is 40.0 Å². The molecular formula is C12H19ClN2O. The lowest BCUT2D eigenvalue weighted by atomic mass is 10.1. The van der Waals surface area contributed by atoms with Gasteiger partial charge in [-0.1, -0.05) is 39.3 Å². The predicted molar refractivity (Wildman–Crippen MR) is 66.1 cm³/mol. The van der Waals surface area contributed by atoms with Gasteiger partial charge in [-0.05, 0) is 18.3 Å². The Morgan fingerprint density at radius 3 is 2.50 bits per heavy atom. The summed E-state index contributed by atoms with van der Waals surface area (Å²) in [5, 5.41) is 0.490. The van der Waals surface area contributed by atoms with Crippen LogP contribution in [0.15, 0.2) is 6.33 Å². The zero-order chi connectivity index (χ0) is 12.1. The van der Waals surface area contributed by atoms with Crippen molar-refractivity contribution in [1.82, 2.24) is 9.97 Å². The summed E-state index contributed by atoms with van der Waals surface area (Å²) in [5.74, 6) is 1.51. The van der Waals surface area contributed by atoms with Gasteiger partial charge in [0.2, 0.25) is 5.88 Å². The maximum atomic E-state index is 6.03. The van der Waals surface area contributed by atoms with E-state index in [2.05, 4.69) is 37.7 Å². The standard InChI is InChI=1S/C12H19ClN2O/c1-8(2)5-6-16-12-10(9(3)4)11(13)14-7-15-12/h7-9H,5-6H2,1-4H3. The highest BCUT2D eigenvalue weighted by molar-refractivity contribution is 6.30. The van der Waals surface area contributed by atoms with Gasteiger partial charge in [0.1, 0.15) is 11.5 Å². The molecule has 90 valence electrons. The highest BCUT2D eigenvalue weighted by atomic mass is 35.5. The normalized spacial score (nSPS) is 11.2. The summed E-state index contributed by atoms with van der Waals surface area (Å²) in [4.78, 5) is 8.12. The molecule has 0 unspecified atom stereocenters. The Kier molecular flexibility index (Phi) is 5.00. The second kappa shape index (κ2) is 6.04. The fourth-order valence-corrected chi connectivity index (χ4v) is 1.69.